The van der Waals surface area contributed by atoms with Crippen LogP contribution in [-0.4, -0.2) is 59.0 Å². The number of amides is 1. The van der Waals surface area contributed by atoms with Crippen LogP contribution in [0.2, 0.25) is 0 Å². The van der Waals surface area contributed by atoms with Crippen LogP contribution in [0.4, 0.5) is 24.3 Å². The Morgan fingerprint density at radius 2 is 1.86 bits per heavy atom. The SMILES string of the molecule is CCN(CC)CCCNC(=O)c1nc(Nc2nc(-c3ccc(OC)cc3)cs2)ncc1C(F)(F)F. The van der Waals surface area contributed by atoms with E-state index < -0.39 is 23.3 Å². The minimum absolute atomic E-state index is 0.151. The molecule has 188 valence electrons. The first-order valence-corrected chi connectivity index (χ1v) is 11.9. The molecule has 35 heavy (non-hydrogen) atoms. The molecule has 0 aliphatic rings. The fourth-order valence-corrected chi connectivity index (χ4v) is 3.99. The van der Waals surface area contributed by atoms with Crippen LogP contribution in [0.5, 0.6) is 5.75 Å². The van der Waals surface area contributed by atoms with Crippen LogP contribution >= 0.6 is 11.3 Å². The van der Waals surface area contributed by atoms with E-state index in [1.165, 1.54) is 11.3 Å². The zero-order valence-electron chi connectivity index (χ0n) is 19.6. The van der Waals surface area contributed by atoms with Crippen molar-refractivity contribution in [2.45, 2.75) is 26.4 Å². The molecule has 0 radical (unpaired) electrons. The number of hydrogen-bond donors (Lipinski definition) is 2. The summed E-state index contributed by atoms with van der Waals surface area (Å²) in [5.41, 5.74) is -0.418. The summed E-state index contributed by atoms with van der Waals surface area (Å²) in [6, 6.07) is 7.28. The minimum Gasteiger partial charge on any atom is -0.497 e. The first-order valence-electron chi connectivity index (χ1n) is 11.1. The number of methoxy groups -OCH3 is 1. The van der Waals surface area contributed by atoms with Crippen LogP contribution in [0.3, 0.4) is 0 Å². The van der Waals surface area contributed by atoms with Crippen molar-refractivity contribution in [3.8, 4) is 17.0 Å². The largest absolute Gasteiger partial charge is 0.497 e. The molecule has 0 spiro atoms. The number of benzene rings is 1. The summed E-state index contributed by atoms with van der Waals surface area (Å²) in [4.78, 5) is 26.8. The Bertz CT molecular complexity index is 1120. The molecule has 2 N–H and O–H groups in total. The highest BCUT2D eigenvalue weighted by molar-refractivity contribution is 7.14. The van der Waals surface area contributed by atoms with Crippen molar-refractivity contribution in [3.05, 3.63) is 47.1 Å². The number of nitrogens with zero attached hydrogens (tertiary/aromatic N) is 4. The number of rotatable bonds is 11. The molecule has 3 rings (SSSR count). The summed E-state index contributed by atoms with van der Waals surface area (Å²) in [5.74, 6) is -0.346. The molecule has 0 unspecified atom stereocenters. The third-order valence-electron chi connectivity index (χ3n) is 5.25. The molecule has 0 bridgehead atoms. The molecule has 0 aliphatic heterocycles. The average Bonchev–Trinajstić information content (AvgIpc) is 3.31. The standard InChI is InChI=1S/C23H27F3N6O2S/c1-4-32(5-2)12-6-11-27-20(33)19-17(23(24,25)26)13-28-21(30-19)31-22-29-18(14-35-22)15-7-9-16(34-3)10-8-15/h7-10,13-14H,4-6,11-12H2,1-3H3,(H,27,33)(H,28,29,30,31). The van der Waals surface area contributed by atoms with Gasteiger partial charge in [0.1, 0.15) is 17.0 Å². The third-order valence-corrected chi connectivity index (χ3v) is 6.01. The molecule has 0 aliphatic carbocycles. The Balaban J connectivity index is 1.73. The van der Waals surface area contributed by atoms with Gasteiger partial charge in [-0.05, 0) is 50.3 Å². The lowest BCUT2D eigenvalue weighted by atomic mass is 10.2. The smallest absolute Gasteiger partial charge is 0.420 e. The predicted octanol–water partition coefficient (Wildman–Crippen LogP) is 4.83. The van der Waals surface area contributed by atoms with Gasteiger partial charge in [0.2, 0.25) is 5.95 Å². The second-order valence-corrected chi connectivity index (χ2v) is 8.34. The number of alkyl halides is 3. The van der Waals surface area contributed by atoms with Crippen molar-refractivity contribution in [1.82, 2.24) is 25.2 Å². The van der Waals surface area contributed by atoms with Crippen molar-refractivity contribution in [2.75, 3.05) is 38.6 Å². The fraction of sp³-hybridized carbons (Fsp3) is 0.391. The fourth-order valence-electron chi connectivity index (χ4n) is 3.27. The molecular formula is C23H27F3N6O2S. The summed E-state index contributed by atoms with van der Waals surface area (Å²) in [5, 5.41) is 7.49. The van der Waals surface area contributed by atoms with Crippen molar-refractivity contribution < 1.29 is 22.7 Å². The highest BCUT2D eigenvalue weighted by Crippen LogP contribution is 2.32. The van der Waals surface area contributed by atoms with E-state index in [0.29, 0.717) is 29.2 Å². The van der Waals surface area contributed by atoms with Crippen molar-refractivity contribution in [3.63, 3.8) is 0 Å². The Hall–Kier alpha value is -3.25. The van der Waals surface area contributed by atoms with Gasteiger partial charge in [0.25, 0.3) is 5.91 Å². The van der Waals surface area contributed by atoms with Gasteiger partial charge in [-0.25, -0.2) is 15.0 Å². The molecule has 0 saturated heterocycles. The monoisotopic (exact) mass is 508 g/mol. The van der Waals surface area contributed by atoms with E-state index in [1.54, 1.807) is 24.6 Å². The van der Waals surface area contributed by atoms with Gasteiger partial charge >= 0.3 is 6.18 Å². The zero-order chi connectivity index (χ0) is 25.4. The number of nitrogens with one attached hydrogen (secondary N) is 2. The van der Waals surface area contributed by atoms with Crippen molar-refractivity contribution in [2.24, 2.45) is 0 Å². The summed E-state index contributed by atoms with van der Waals surface area (Å²) >= 11 is 1.24. The van der Waals surface area contributed by atoms with Gasteiger partial charge in [-0.15, -0.1) is 11.3 Å². The van der Waals surface area contributed by atoms with Gasteiger partial charge in [-0.2, -0.15) is 13.2 Å². The summed E-state index contributed by atoms with van der Waals surface area (Å²) in [6.45, 7) is 6.74. The van der Waals surface area contributed by atoms with Crippen LogP contribution in [0.1, 0.15) is 36.3 Å². The Morgan fingerprint density at radius 3 is 2.49 bits per heavy atom. The maximum absolute atomic E-state index is 13.5. The van der Waals surface area contributed by atoms with Gasteiger partial charge < -0.3 is 20.3 Å². The second kappa shape index (κ2) is 11.9. The normalized spacial score (nSPS) is 11.5. The molecule has 1 amide bonds. The van der Waals surface area contributed by atoms with Crippen molar-refractivity contribution in [1.29, 1.82) is 0 Å². The molecule has 1 aromatic carbocycles. The van der Waals surface area contributed by atoms with Crippen LogP contribution in [0.15, 0.2) is 35.8 Å². The van der Waals surface area contributed by atoms with E-state index >= 15 is 0 Å². The van der Waals surface area contributed by atoms with Crippen LogP contribution < -0.4 is 15.4 Å². The maximum atomic E-state index is 13.5. The number of carbonyl (C=O) groups is 1. The Kier molecular flexibility index (Phi) is 8.99. The van der Waals surface area contributed by atoms with E-state index in [2.05, 4.69) is 30.5 Å². The van der Waals surface area contributed by atoms with E-state index in [-0.39, 0.29) is 12.5 Å². The summed E-state index contributed by atoms with van der Waals surface area (Å²) in [6.07, 6.45) is -3.55. The number of thiazole rings is 1. The molecule has 3 aromatic rings. The van der Waals surface area contributed by atoms with E-state index in [4.69, 9.17) is 4.74 Å². The minimum atomic E-state index is -4.77. The second-order valence-electron chi connectivity index (χ2n) is 7.48. The number of halogens is 3. The van der Waals surface area contributed by atoms with Gasteiger partial charge in [0, 0.05) is 23.7 Å². The molecular weight excluding hydrogens is 481 g/mol. The van der Waals surface area contributed by atoms with E-state index in [0.717, 1.165) is 25.2 Å². The van der Waals surface area contributed by atoms with Crippen LogP contribution in [0, 0.1) is 0 Å². The highest BCUT2D eigenvalue weighted by atomic mass is 32.1. The first-order chi connectivity index (χ1) is 16.7. The Morgan fingerprint density at radius 1 is 1.14 bits per heavy atom. The lowest BCUT2D eigenvalue weighted by Crippen LogP contribution is -2.31. The lowest BCUT2D eigenvalue weighted by molar-refractivity contribution is -0.138. The molecule has 0 fully saturated rings. The number of anilines is 2. The molecule has 8 nitrogen and oxygen atoms in total. The van der Waals surface area contributed by atoms with Gasteiger partial charge in [0.15, 0.2) is 5.13 Å². The molecule has 2 heterocycles. The number of ether oxygens (including phenoxy) is 1. The zero-order valence-corrected chi connectivity index (χ0v) is 20.5. The van der Waals surface area contributed by atoms with Crippen LogP contribution in [0.25, 0.3) is 11.3 Å². The number of aromatic nitrogens is 3. The number of hydrogen-bond acceptors (Lipinski definition) is 8. The maximum Gasteiger partial charge on any atom is 0.420 e. The predicted molar refractivity (Wildman–Crippen MR) is 129 cm³/mol. The molecule has 12 heteroatoms. The summed E-state index contributed by atoms with van der Waals surface area (Å²) < 4.78 is 45.6. The van der Waals surface area contributed by atoms with Crippen molar-refractivity contribution >= 4 is 28.3 Å². The molecule has 0 saturated carbocycles. The Labute approximate surface area is 205 Å². The molecule has 0 atom stereocenters. The molecule has 2 aromatic heterocycles. The van der Waals surface area contributed by atoms with Crippen LogP contribution in [-0.2, 0) is 6.18 Å². The van der Waals surface area contributed by atoms with E-state index in [9.17, 15) is 18.0 Å². The average molecular weight is 509 g/mol. The summed E-state index contributed by atoms with van der Waals surface area (Å²) in [7, 11) is 1.57. The lowest BCUT2D eigenvalue weighted by Gasteiger charge is -2.18. The van der Waals surface area contributed by atoms with Gasteiger partial charge in [0.05, 0.1) is 12.8 Å². The third kappa shape index (κ3) is 7.12. The van der Waals surface area contributed by atoms with Gasteiger partial charge in [-0.3, -0.25) is 4.79 Å². The highest BCUT2D eigenvalue weighted by Gasteiger charge is 2.37. The quantitative estimate of drug-likeness (QED) is 0.358. The number of carbonyl (C=O) groups excluding carboxylic acids is 1. The van der Waals surface area contributed by atoms with Gasteiger partial charge in [-0.1, -0.05) is 13.8 Å². The topological polar surface area (TPSA) is 92.3 Å². The van der Waals surface area contributed by atoms with E-state index in [1.807, 2.05) is 26.0 Å². The first kappa shape index (κ1) is 26.4.